The van der Waals surface area contributed by atoms with E-state index in [4.69, 9.17) is 9.47 Å². The van der Waals surface area contributed by atoms with Gasteiger partial charge in [0.15, 0.2) is 11.0 Å². The summed E-state index contributed by atoms with van der Waals surface area (Å²) in [7, 11) is 3.13. The minimum absolute atomic E-state index is 0.0227. The molecule has 49 heavy (non-hydrogen) atoms. The van der Waals surface area contributed by atoms with Gasteiger partial charge in [0.25, 0.3) is 5.69 Å². The number of thioether (sulfide) groups is 1. The van der Waals surface area contributed by atoms with Crippen molar-refractivity contribution in [1.29, 1.82) is 0 Å². The Morgan fingerprint density at radius 2 is 1.47 bits per heavy atom. The molecule has 1 N–H and O–H groups in total. The second-order valence-corrected chi connectivity index (χ2v) is 11.8. The first kappa shape index (κ1) is 32.8. The van der Waals surface area contributed by atoms with E-state index in [1.807, 2.05) is 94.9 Å². The van der Waals surface area contributed by atoms with Crippen LogP contribution in [0.4, 0.5) is 5.69 Å². The van der Waals surface area contributed by atoms with Crippen LogP contribution >= 0.6 is 11.8 Å². The van der Waals surface area contributed by atoms with Crippen molar-refractivity contribution in [2.75, 3.05) is 14.2 Å². The van der Waals surface area contributed by atoms with Gasteiger partial charge in [-0.3, -0.25) is 10.1 Å². The number of rotatable bonds is 12. The quantitative estimate of drug-likeness (QED) is 0.0590. The minimum atomic E-state index is -1.14. The molecule has 0 atom stereocenters. The summed E-state index contributed by atoms with van der Waals surface area (Å²) in [4.78, 5) is 23.9. The number of nitro benzene ring substituents is 1. The lowest BCUT2D eigenvalue weighted by molar-refractivity contribution is -0.384. The van der Waals surface area contributed by atoms with Crippen LogP contribution in [0.1, 0.15) is 12.5 Å². The van der Waals surface area contributed by atoms with Crippen LogP contribution in [0.3, 0.4) is 0 Å². The maximum Gasteiger partial charge on any atom is 0.342 e. The molecule has 6 rings (SSSR count). The number of carboxylic acids is 1. The number of nitro groups is 1. The monoisotopic (exact) mass is 673 g/mol. The number of ether oxygens (including phenoxy) is 2. The van der Waals surface area contributed by atoms with Crippen molar-refractivity contribution in [2.24, 2.45) is 0 Å². The minimum Gasteiger partial charge on any atom is -0.497 e. The predicted octanol–water partition coefficient (Wildman–Crippen LogP) is 8.23. The SMILES string of the molecule is CCn1c(S/C(=C\c2cc(-c3ccccc3)n(-c3ccc([N+](=O)[O-])cc3)c2-c2ccccc2)C(=O)O)nnc1-c1cc(OC)cc(OC)c1. The van der Waals surface area contributed by atoms with E-state index in [2.05, 4.69) is 10.2 Å². The number of benzene rings is 4. The molecule has 0 unspecified atom stereocenters. The molecule has 0 spiro atoms. The maximum atomic E-state index is 12.9. The third kappa shape index (κ3) is 6.81. The Labute approximate surface area is 286 Å². The highest BCUT2D eigenvalue weighted by molar-refractivity contribution is 8.04. The highest BCUT2D eigenvalue weighted by Crippen LogP contribution is 2.40. The molecule has 0 bridgehead atoms. The predicted molar refractivity (Wildman–Crippen MR) is 189 cm³/mol. The summed E-state index contributed by atoms with van der Waals surface area (Å²) in [5.74, 6) is 0.567. The summed E-state index contributed by atoms with van der Waals surface area (Å²) in [6.07, 6.45) is 1.63. The van der Waals surface area contributed by atoms with Gasteiger partial charge in [-0.15, -0.1) is 10.2 Å². The highest BCUT2D eigenvalue weighted by atomic mass is 32.2. The topological polar surface area (TPSA) is 135 Å². The maximum absolute atomic E-state index is 12.9. The first-order valence-corrected chi connectivity index (χ1v) is 16.0. The molecule has 246 valence electrons. The van der Waals surface area contributed by atoms with Crippen molar-refractivity contribution in [3.63, 3.8) is 0 Å². The van der Waals surface area contributed by atoms with Crippen LogP contribution < -0.4 is 9.47 Å². The Morgan fingerprint density at radius 1 is 0.857 bits per heavy atom. The van der Waals surface area contributed by atoms with Crippen molar-refractivity contribution in [3.8, 4) is 51.1 Å². The normalized spacial score (nSPS) is 11.4. The second kappa shape index (κ2) is 14.3. The molecule has 0 fully saturated rings. The van der Waals surface area contributed by atoms with E-state index in [1.54, 1.807) is 38.5 Å². The third-order valence-electron chi connectivity index (χ3n) is 7.81. The number of aliphatic carboxylic acids is 1. The fraction of sp³-hybridized carbons (Fsp3) is 0.108. The second-order valence-electron chi connectivity index (χ2n) is 10.7. The molecule has 12 heteroatoms. The van der Waals surface area contributed by atoms with Crippen molar-refractivity contribution >= 4 is 29.5 Å². The zero-order chi connectivity index (χ0) is 34.5. The Hall–Kier alpha value is -6.14. The van der Waals surface area contributed by atoms with Gasteiger partial charge in [-0.05, 0) is 66.2 Å². The molecule has 0 amide bonds. The largest absolute Gasteiger partial charge is 0.497 e. The van der Waals surface area contributed by atoms with E-state index >= 15 is 0 Å². The van der Waals surface area contributed by atoms with Gasteiger partial charge in [-0.1, -0.05) is 60.7 Å². The molecule has 0 aliphatic carbocycles. The fourth-order valence-corrected chi connectivity index (χ4v) is 6.40. The van der Waals surface area contributed by atoms with Gasteiger partial charge in [0.05, 0.1) is 30.5 Å². The first-order chi connectivity index (χ1) is 23.8. The average molecular weight is 674 g/mol. The number of nitrogens with zero attached hydrogens (tertiary/aromatic N) is 5. The van der Waals surface area contributed by atoms with Gasteiger partial charge >= 0.3 is 5.97 Å². The lowest BCUT2D eigenvalue weighted by Crippen LogP contribution is -2.03. The fourth-order valence-electron chi connectivity index (χ4n) is 5.52. The molecule has 0 aliphatic heterocycles. The van der Waals surface area contributed by atoms with E-state index in [1.165, 1.54) is 12.1 Å². The van der Waals surface area contributed by atoms with Crippen LogP contribution in [0, 0.1) is 10.1 Å². The Kier molecular flexibility index (Phi) is 9.58. The van der Waals surface area contributed by atoms with Gasteiger partial charge in [-0.2, -0.15) is 0 Å². The van der Waals surface area contributed by atoms with Gasteiger partial charge in [0.1, 0.15) is 16.4 Å². The van der Waals surface area contributed by atoms with E-state index in [9.17, 15) is 20.0 Å². The number of hydrogen-bond acceptors (Lipinski definition) is 8. The number of methoxy groups -OCH3 is 2. The number of hydrogen-bond donors (Lipinski definition) is 1. The summed E-state index contributed by atoms with van der Waals surface area (Å²) in [6, 6.07) is 32.9. The summed E-state index contributed by atoms with van der Waals surface area (Å²) in [5.41, 5.74) is 5.19. The number of non-ortho nitro benzene ring substituents is 1. The smallest absolute Gasteiger partial charge is 0.342 e. The summed E-state index contributed by atoms with van der Waals surface area (Å²) in [6.45, 7) is 2.41. The van der Waals surface area contributed by atoms with E-state index in [0.717, 1.165) is 28.6 Å². The van der Waals surface area contributed by atoms with Gasteiger partial charge in [0, 0.05) is 41.6 Å². The van der Waals surface area contributed by atoms with Gasteiger partial charge in [-0.25, -0.2) is 4.79 Å². The molecule has 6 aromatic rings. The summed E-state index contributed by atoms with van der Waals surface area (Å²) in [5, 5.41) is 31.2. The standard InChI is InChI=1S/C37H31N5O6S/c1-4-40-35(27-19-30(47-2)23-31(20-27)48-3)38-39-37(40)49-33(36(43)44)22-26-21-32(24-11-7-5-8-12-24)41(34(26)25-13-9-6-10-14-25)28-15-17-29(18-16-28)42(45)46/h5-23H,4H2,1-3H3,(H,43,44)/b33-22-. The van der Waals surface area contributed by atoms with Gasteiger partial charge in [0.2, 0.25) is 0 Å². The first-order valence-electron chi connectivity index (χ1n) is 15.2. The van der Waals surface area contributed by atoms with Crippen molar-refractivity contribution in [3.05, 3.63) is 130 Å². The molecule has 0 saturated carbocycles. The molecule has 4 aromatic carbocycles. The summed E-state index contributed by atoms with van der Waals surface area (Å²) < 4.78 is 14.7. The molecule has 2 aromatic heterocycles. The molecule has 0 radical (unpaired) electrons. The molecular formula is C37H31N5O6S. The lowest BCUT2D eigenvalue weighted by Gasteiger charge is -2.15. The molecule has 0 saturated heterocycles. The molecular weight excluding hydrogens is 643 g/mol. The summed E-state index contributed by atoms with van der Waals surface area (Å²) >= 11 is 0.998. The van der Waals surface area contributed by atoms with Gasteiger partial charge < -0.3 is 23.7 Å². The van der Waals surface area contributed by atoms with E-state index in [0.29, 0.717) is 51.5 Å². The van der Waals surface area contributed by atoms with Crippen LogP contribution in [0.15, 0.2) is 119 Å². The Balaban J connectivity index is 1.52. The van der Waals surface area contributed by atoms with Crippen LogP contribution in [0.25, 0.3) is 45.7 Å². The molecule has 2 heterocycles. The molecule has 0 aliphatic rings. The Bertz CT molecular complexity index is 2140. The lowest BCUT2D eigenvalue weighted by atomic mass is 10.1. The van der Waals surface area contributed by atoms with E-state index < -0.39 is 10.9 Å². The molecule has 11 nitrogen and oxygen atoms in total. The highest BCUT2D eigenvalue weighted by Gasteiger charge is 2.23. The van der Waals surface area contributed by atoms with Crippen molar-refractivity contribution in [1.82, 2.24) is 19.3 Å². The zero-order valence-electron chi connectivity index (χ0n) is 26.8. The number of aromatic nitrogens is 4. The average Bonchev–Trinajstić information content (AvgIpc) is 3.73. The van der Waals surface area contributed by atoms with Crippen LogP contribution in [0.2, 0.25) is 0 Å². The Morgan fingerprint density at radius 3 is 2.02 bits per heavy atom. The van der Waals surface area contributed by atoms with E-state index in [-0.39, 0.29) is 10.6 Å². The van der Waals surface area contributed by atoms with Crippen LogP contribution in [-0.2, 0) is 11.3 Å². The van der Waals surface area contributed by atoms with Crippen LogP contribution in [-0.4, -0.2) is 49.6 Å². The van der Waals surface area contributed by atoms with Crippen molar-refractivity contribution in [2.45, 2.75) is 18.6 Å². The number of carboxylic acid groups (broad SMARTS) is 1. The van der Waals surface area contributed by atoms with Crippen molar-refractivity contribution < 1.29 is 24.3 Å². The number of carbonyl (C=O) groups is 1. The third-order valence-corrected chi connectivity index (χ3v) is 8.80. The van der Waals surface area contributed by atoms with Crippen LogP contribution in [0.5, 0.6) is 11.5 Å². The zero-order valence-corrected chi connectivity index (χ0v) is 27.6.